The largest absolute Gasteiger partial charge is 0.496 e. The Labute approximate surface area is 169 Å². The average Bonchev–Trinajstić information content (AvgIpc) is 3.03. The molecule has 6 heteroatoms. The highest BCUT2D eigenvalue weighted by atomic mass is 32.1. The molecule has 0 bridgehead atoms. The number of fused-ring (bicyclic) bond motifs is 1. The van der Waals surface area contributed by atoms with Crippen LogP contribution in [0, 0.1) is 5.92 Å². The molecule has 1 aromatic heterocycles. The van der Waals surface area contributed by atoms with Gasteiger partial charge in [0, 0.05) is 16.5 Å². The van der Waals surface area contributed by atoms with E-state index in [0.717, 1.165) is 30.4 Å². The van der Waals surface area contributed by atoms with E-state index in [1.54, 1.807) is 20.1 Å². The highest BCUT2D eigenvalue weighted by Gasteiger charge is 2.28. The minimum Gasteiger partial charge on any atom is -0.496 e. The lowest BCUT2D eigenvalue weighted by molar-refractivity contribution is -0.111. The number of benzene rings is 1. The molecular formula is C22H25NO4S. The number of hydrogen-bond donors (Lipinski definition) is 1. The summed E-state index contributed by atoms with van der Waals surface area (Å²) in [6.45, 7) is 4.30. The molecule has 5 nitrogen and oxygen atoms in total. The number of para-hydroxylation sites is 1. The predicted octanol–water partition coefficient (Wildman–Crippen LogP) is 4.71. The molecule has 2 aromatic rings. The van der Waals surface area contributed by atoms with Crippen LogP contribution in [0.4, 0.5) is 5.00 Å². The zero-order chi connectivity index (χ0) is 20.1. The maximum absolute atomic E-state index is 12.5. The molecule has 1 N–H and O–H groups in total. The minimum atomic E-state index is -0.362. The standard InChI is InChI=1S/C22H25NO4S/c1-4-27-22(25)20-16-11-9-14(2)13-18(16)28-21(20)23-19(24)12-10-15-7-5-6-8-17(15)26-3/h5-8,10,12,14H,4,9,11,13H2,1-3H3,(H,23,24)/b12-10+/t14-/m0/s1. The summed E-state index contributed by atoms with van der Waals surface area (Å²) in [6.07, 6.45) is 5.96. The first-order chi connectivity index (χ1) is 13.5. The van der Waals surface area contributed by atoms with E-state index in [1.165, 1.54) is 22.3 Å². The molecule has 0 saturated heterocycles. The second-order valence-electron chi connectivity index (χ2n) is 6.84. The molecule has 3 rings (SSSR count). The van der Waals surface area contributed by atoms with Crippen LogP contribution in [0.15, 0.2) is 30.3 Å². The molecule has 1 heterocycles. The molecule has 1 aliphatic rings. The van der Waals surface area contributed by atoms with Crippen molar-refractivity contribution in [1.82, 2.24) is 0 Å². The van der Waals surface area contributed by atoms with Gasteiger partial charge in [-0.2, -0.15) is 0 Å². The summed E-state index contributed by atoms with van der Waals surface area (Å²) < 4.78 is 10.5. The number of thiophene rings is 1. The van der Waals surface area contributed by atoms with Gasteiger partial charge in [-0.1, -0.05) is 25.1 Å². The molecular weight excluding hydrogens is 374 g/mol. The predicted molar refractivity (Wildman–Crippen MR) is 112 cm³/mol. The van der Waals surface area contributed by atoms with Crippen LogP contribution in [-0.2, 0) is 22.4 Å². The Hall–Kier alpha value is -2.60. The third kappa shape index (κ3) is 4.44. The summed E-state index contributed by atoms with van der Waals surface area (Å²) in [5, 5.41) is 3.46. The molecule has 0 radical (unpaired) electrons. The van der Waals surface area contributed by atoms with Crippen molar-refractivity contribution >= 4 is 34.3 Å². The van der Waals surface area contributed by atoms with Gasteiger partial charge in [0.05, 0.1) is 19.3 Å². The third-order valence-electron chi connectivity index (χ3n) is 4.78. The molecule has 28 heavy (non-hydrogen) atoms. The van der Waals surface area contributed by atoms with Crippen molar-refractivity contribution in [2.45, 2.75) is 33.1 Å². The zero-order valence-electron chi connectivity index (χ0n) is 16.4. The number of rotatable bonds is 6. The van der Waals surface area contributed by atoms with E-state index in [-0.39, 0.29) is 11.9 Å². The lowest BCUT2D eigenvalue weighted by atomic mass is 9.88. The van der Waals surface area contributed by atoms with Crippen LogP contribution in [-0.4, -0.2) is 25.6 Å². The van der Waals surface area contributed by atoms with Gasteiger partial charge in [-0.25, -0.2) is 4.79 Å². The number of amides is 1. The van der Waals surface area contributed by atoms with Crippen LogP contribution < -0.4 is 10.1 Å². The summed E-state index contributed by atoms with van der Waals surface area (Å²) in [5.41, 5.74) is 2.36. The monoisotopic (exact) mass is 399 g/mol. The lowest BCUT2D eigenvalue weighted by Gasteiger charge is -2.18. The van der Waals surface area contributed by atoms with E-state index in [2.05, 4.69) is 12.2 Å². The fourth-order valence-electron chi connectivity index (χ4n) is 3.38. The molecule has 1 aromatic carbocycles. The number of anilines is 1. The first kappa shape index (κ1) is 20.1. The minimum absolute atomic E-state index is 0.289. The van der Waals surface area contributed by atoms with Gasteiger partial charge < -0.3 is 14.8 Å². The van der Waals surface area contributed by atoms with Crippen molar-refractivity contribution in [2.75, 3.05) is 19.0 Å². The number of esters is 1. The van der Waals surface area contributed by atoms with Crippen LogP contribution >= 0.6 is 11.3 Å². The van der Waals surface area contributed by atoms with Crippen molar-refractivity contribution in [1.29, 1.82) is 0 Å². The zero-order valence-corrected chi connectivity index (χ0v) is 17.2. The van der Waals surface area contributed by atoms with Gasteiger partial charge in [-0.05, 0) is 49.8 Å². The van der Waals surface area contributed by atoms with Crippen molar-refractivity contribution in [3.63, 3.8) is 0 Å². The van der Waals surface area contributed by atoms with Gasteiger partial charge in [0.25, 0.3) is 0 Å². The maximum atomic E-state index is 12.5. The van der Waals surface area contributed by atoms with E-state index in [1.807, 2.05) is 24.3 Å². The quantitative estimate of drug-likeness (QED) is 0.564. The van der Waals surface area contributed by atoms with Crippen LogP contribution in [0.1, 0.15) is 46.6 Å². The van der Waals surface area contributed by atoms with Crippen LogP contribution in [0.25, 0.3) is 6.08 Å². The summed E-state index contributed by atoms with van der Waals surface area (Å²) in [6, 6.07) is 7.47. The van der Waals surface area contributed by atoms with E-state index in [9.17, 15) is 9.59 Å². The smallest absolute Gasteiger partial charge is 0.341 e. The molecule has 0 unspecified atom stereocenters. The molecule has 0 fully saturated rings. The molecule has 1 atom stereocenters. The number of nitrogens with one attached hydrogen (secondary N) is 1. The van der Waals surface area contributed by atoms with Gasteiger partial charge in [-0.3, -0.25) is 4.79 Å². The normalized spacial score (nSPS) is 15.9. The Bertz CT molecular complexity index is 900. The Kier molecular flexibility index (Phi) is 6.52. The second kappa shape index (κ2) is 9.06. The molecule has 1 aliphatic carbocycles. The van der Waals surface area contributed by atoms with Crippen LogP contribution in [0.2, 0.25) is 0 Å². The SMILES string of the molecule is CCOC(=O)c1c(NC(=O)/C=C/c2ccccc2OC)sc2c1CC[C@H](C)C2. The molecule has 0 spiro atoms. The van der Waals surface area contributed by atoms with Crippen molar-refractivity contribution in [3.8, 4) is 5.75 Å². The molecule has 148 valence electrons. The second-order valence-corrected chi connectivity index (χ2v) is 7.95. The van der Waals surface area contributed by atoms with Gasteiger partial charge in [0.2, 0.25) is 5.91 Å². The third-order valence-corrected chi connectivity index (χ3v) is 5.95. The van der Waals surface area contributed by atoms with Gasteiger partial charge in [0.1, 0.15) is 10.8 Å². The van der Waals surface area contributed by atoms with E-state index in [4.69, 9.17) is 9.47 Å². The average molecular weight is 400 g/mol. The van der Waals surface area contributed by atoms with Gasteiger partial charge >= 0.3 is 5.97 Å². The highest BCUT2D eigenvalue weighted by Crippen LogP contribution is 2.40. The van der Waals surface area contributed by atoms with Crippen molar-refractivity contribution in [2.24, 2.45) is 5.92 Å². The Morgan fingerprint density at radius 2 is 2.11 bits per heavy atom. The topological polar surface area (TPSA) is 64.6 Å². The van der Waals surface area contributed by atoms with Gasteiger partial charge in [-0.15, -0.1) is 11.3 Å². The number of hydrogen-bond acceptors (Lipinski definition) is 5. The number of carbonyl (C=O) groups excluding carboxylic acids is 2. The summed E-state index contributed by atoms with van der Waals surface area (Å²) >= 11 is 1.49. The van der Waals surface area contributed by atoms with Crippen molar-refractivity contribution in [3.05, 3.63) is 51.9 Å². The first-order valence-corrected chi connectivity index (χ1v) is 10.3. The maximum Gasteiger partial charge on any atom is 0.341 e. The first-order valence-electron chi connectivity index (χ1n) is 9.47. The molecule has 0 saturated carbocycles. The fraction of sp³-hybridized carbons (Fsp3) is 0.364. The summed E-state index contributed by atoms with van der Waals surface area (Å²) in [4.78, 5) is 26.2. The molecule has 0 aliphatic heterocycles. The number of ether oxygens (including phenoxy) is 2. The van der Waals surface area contributed by atoms with E-state index in [0.29, 0.717) is 28.8 Å². The number of carbonyl (C=O) groups is 2. The van der Waals surface area contributed by atoms with Crippen molar-refractivity contribution < 1.29 is 19.1 Å². The van der Waals surface area contributed by atoms with Crippen LogP contribution in [0.5, 0.6) is 5.75 Å². The number of methoxy groups -OCH3 is 1. The lowest BCUT2D eigenvalue weighted by Crippen LogP contribution is -2.15. The fourth-order valence-corrected chi connectivity index (χ4v) is 4.78. The summed E-state index contributed by atoms with van der Waals surface area (Å²) in [5.74, 6) is 0.621. The Balaban J connectivity index is 1.84. The van der Waals surface area contributed by atoms with Gasteiger partial charge in [0.15, 0.2) is 0 Å². The summed E-state index contributed by atoms with van der Waals surface area (Å²) in [7, 11) is 1.59. The van der Waals surface area contributed by atoms with E-state index < -0.39 is 0 Å². The highest BCUT2D eigenvalue weighted by molar-refractivity contribution is 7.17. The van der Waals surface area contributed by atoms with E-state index >= 15 is 0 Å². The molecule has 1 amide bonds. The Morgan fingerprint density at radius 3 is 2.86 bits per heavy atom. The Morgan fingerprint density at radius 1 is 1.32 bits per heavy atom. The van der Waals surface area contributed by atoms with Crippen LogP contribution in [0.3, 0.4) is 0 Å².